The SMILES string of the molecule is O=C1CCCCCN1CCC(=O)N1CCCC(O)(CO)CC1. The zero-order valence-electron chi connectivity index (χ0n) is 13.3. The van der Waals surface area contributed by atoms with Crippen LogP contribution in [0.4, 0.5) is 0 Å². The fourth-order valence-electron chi connectivity index (χ4n) is 3.25. The van der Waals surface area contributed by atoms with Gasteiger partial charge in [0.05, 0.1) is 12.2 Å². The Hall–Kier alpha value is -1.14. The van der Waals surface area contributed by atoms with Crippen molar-refractivity contribution < 1.29 is 19.8 Å². The predicted molar refractivity (Wildman–Crippen MR) is 82.1 cm³/mol. The molecule has 22 heavy (non-hydrogen) atoms. The van der Waals surface area contributed by atoms with Crippen molar-refractivity contribution in [2.75, 3.05) is 32.8 Å². The van der Waals surface area contributed by atoms with Gasteiger partial charge < -0.3 is 20.0 Å². The molecule has 1 atom stereocenters. The van der Waals surface area contributed by atoms with Crippen LogP contribution in [-0.4, -0.2) is 70.2 Å². The fourth-order valence-corrected chi connectivity index (χ4v) is 3.25. The molecule has 2 heterocycles. The third-order valence-corrected chi connectivity index (χ3v) is 4.83. The lowest BCUT2D eigenvalue weighted by molar-refractivity contribution is -0.134. The van der Waals surface area contributed by atoms with Gasteiger partial charge >= 0.3 is 0 Å². The minimum Gasteiger partial charge on any atom is -0.393 e. The highest BCUT2D eigenvalue weighted by molar-refractivity contribution is 5.79. The Bertz CT molecular complexity index is 402. The molecule has 0 spiro atoms. The highest BCUT2D eigenvalue weighted by Crippen LogP contribution is 2.22. The second kappa shape index (κ2) is 7.92. The summed E-state index contributed by atoms with van der Waals surface area (Å²) in [4.78, 5) is 27.8. The normalized spacial score (nSPS) is 27.5. The van der Waals surface area contributed by atoms with E-state index in [4.69, 9.17) is 0 Å². The molecule has 2 N–H and O–H groups in total. The molecule has 2 amide bonds. The van der Waals surface area contributed by atoms with Gasteiger partial charge in [-0.1, -0.05) is 6.42 Å². The minimum atomic E-state index is -1.05. The van der Waals surface area contributed by atoms with Crippen LogP contribution in [0.5, 0.6) is 0 Å². The number of hydrogen-bond acceptors (Lipinski definition) is 4. The summed E-state index contributed by atoms with van der Waals surface area (Å²) in [6, 6.07) is 0. The summed E-state index contributed by atoms with van der Waals surface area (Å²) in [7, 11) is 0. The second-order valence-corrected chi connectivity index (χ2v) is 6.56. The van der Waals surface area contributed by atoms with Crippen molar-refractivity contribution in [2.45, 2.75) is 57.0 Å². The van der Waals surface area contributed by atoms with Gasteiger partial charge in [-0.05, 0) is 32.1 Å². The lowest BCUT2D eigenvalue weighted by atomic mass is 9.96. The van der Waals surface area contributed by atoms with E-state index in [1.54, 1.807) is 4.90 Å². The van der Waals surface area contributed by atoms with Gasteiger partial charge in [-0.3, -0.25) is 9.59 Å². The van der Waals surface area contributed by atoms with E-state index in [1.807, 2.05) is 4.90 Å². The van der Waals surface area contributed by atoms with E-state index >= 15 is 0 Å². The Balaban J connectivity index is 1.80. The first-order valence-electron chi connectivity index (χ1n) is 8.43. The van der Waals surface area contributed by atoms with Crippen molar-refractivity contribution in [3.8, 4) is 0 Å². The van der Waals surface area contributed by atoms with Crippen LogP contribution in [-0.2, 0) is 9.59 Å². The highest BCUT2D eigenvalue weighted by atomic mass is 16.3. The van der Waals surface area contributed by atoms with E-state index in [0.29, 0.717) is 51.7 Å². The molecule has 0 aromatic heterocycles. The minimum absolute atomic E-state index is 0.0410. The maximum absolute atomic E-state index is 12.3. The summed E-state index contributed by atoms with van der Waals surface area (Å²) >= 11 is 0. The van der Waals surface area contributed by atoms with Gasteiger partial charge in [0.25, 0.3) is 0 Å². The van der Waals surface area contributed by atoms with Crippen LogP contribution < -0.4 is 0 Å². The Kier molecular flexibility index (Phi) is 6.20. The molecule has 2 aliphatic rings. The zero-order valence-corrected chi connectivity index (χ0v) is 13.3. The van der Waals surface area contributed by atoms with E-state index in [9.17, 15) is 19.8 Å². The topological polar surface area (TPSA) is 81.1 Å². The summed E-state index contributed by atoms with van der Waals surface area (Å²) in [5.74, 6) is 0.204. The number of amides is 2. The van der Waals surface area contributed by atoms with Gasteiger partial charge in [-0.2, -0.15) is 0 Å². The number of hydrogen-bond donors (Lipinski definition) is 2. The third kappa shape index (κ3) is 4.68. The average Bonchev–Trinajstić information content (AvgIpc) is 2.84. The summed E-state index contributed by atoms with van der Waals surface area (Å²) in [5.41, 5.74) is -1.05. The molecule has 1 unspecified atom stereocenters. The van der Waals surface area contributed by atoms with Crippen molar-refractivity contribution in [3.05, 3.63) is 0 Å². The molecule has 6 nitrogen and oxygen atoms in total. The van der Waals surface area contributed by atoms with Crippen molar-refractivity contribution in [2.24, 2.45) is 0 Å². The van der Waals surface area contributed by atoms with Crippen molar-refractivity contribution in [3.63, 3.8) is 0 Å². The molecule has 126 valence electrons. The lowest BCUT2D eigenvalue weighted by Crippen LogP contribution is -2.38. The fraction of sp³-hybridized carbons (Fsp3) is 0.875. The molecular formula is C16H28N2O4. The lowest BCUT2D eigenvalue weighted by Gasteiger charge is -2.25. The van der Waals surface area contributed by atoms with E-state index in [0.717, 1.165) is 25.8 Å². The Labute approximate surface area is 132 Å². The van der Waals surface area contributed by atoms with Crippen LogP contribution in [0.1, 0.15) is 51.4 Å². The Morgan fingerprint density at radius 1 is 1.09 bits per heavy atom. The number of likely N-dealkylation sites (tertiary alicyclic amines) is 2. The number of carbonyl (C=O) groups is 2. The number of aliphatic hydroxyl groups is 2. The molecule has 0 bridgehead atoms. The molecule has 0 aliphatic carbocycles. The maximum atomic E-state index is 12.3. The zero-order chi connectivity index (χ0) is 16.0. The molecule has 2 aliphatic heterocycles. The van der Waals surface area contributed by atoms with Crippen LogP contribution in [0.3, 0.4) is 0 Å². The van der Waals surface area contributed by atoms with E-state index < -0.39 is 5.60 Å². The van der Waals surface area contributed by atoms with Gasteiger partial charge in [0.15, 0.2) is 0 Å². The van der Waals surface area contributed by atoms with Crippen molar-refractivity contribution in [1.82, 2.24) is 9.80 Å². The second-order valence-electron chi connectivity index (χ2n) is 6.56. The highest BCUT2D eigenvalue weighted by Gasteiger charge is 2.30. The maximum Gasteiger partial charge on any atom is 0.224 e. The molecular weight excluding hydrogens is 284 g/mol. The van der Waals surface area contributed by atoms with Crippen LogP contribution in [0.15, 0.2) is 0 Å². The summed E-state index contributed by atoms with van der Waals surface area (Å²) < 4.78 is 0. The number of rotatable bonds is 4. The van der Waals surface area contributed by atoms with Gasteiger partial charge in [0.2, 0.25) is 11.8 Å². The first-order chi connectivity index (χ1) is 10.5. The molecule has 2 fully saturated rings. The summed E-state index contributed by atoms with van der Waals surface area (Å²) in [6.45, 7) is 2.10. The first-order valence-corrected chi connectivity index (χ1v) is 8.43. The smallest absolute Gasteiger partial charge is 0.224 e. The number of nitrogens with zero attached hydrogens (tertiary/aromatic N) is 2. The quantitative estimate of drug-likeness (QED) is 0.793. The van der Waals surface area contributed by atoms with Gasteiger partial charge in [0.1, 0.15) is 0 Å². The monoisotopic (exact) mass is 312 g/mol. The van der Waals surface area contributed by atoms with Crippen LogP contribution in [0.2, 0.25) is 0 Å². The Morgan fingerprint density at radius 2 is 1.91 bits per heavy atom. The standard InChI is InChI=1S/C16H28N2O4/c19-13-16(22)7-4-10-18(12-8-16)15(21)6-11-17-9-3-1-2-5-14(17)20/h19,22H,1-13H2. The third-order valence-electron chi connectivity index (χ3n) is 4.83. The number of carbonyl (C=O) groups excluding carboxylic acids is 2. The van der Waals surface area contributed by atoms with Crippen molar-refractivity contribution in [1.29, 1.82) is 0 Å². The van der Waals surface area contributed by atoms with E-state index in [-0.39, 0.29) is 18.4 Å². The summed E-state index contributed by atoms with van der Waals surface area (Å²) in [6.07, 6.45) is 5.65. The van der Waals surface area contributed by atoms with Gasteiger partial charge in [-0.15, -0.1) is 0 Å². The molecule has 0 radical (unpaired) electrons. The molecule has 2 rings (SSSR count). The molecule has 6 heteroatoms. The largest absolute Gasteiger partial charge is 0.393 e. The summed E-state index contributed by atoms with van der Waals surface area (Å²) in [5, 5.41) is 19.4. The van der Waals surface area contributed by atoms with Crippen LogP contribution in [0, 0.1) is 0 Å². The molecule has 0 aromatic carbocycles. The Morgan fingerprint density at radius 3 is 2.68 bits per heavy atom. The number of aliphatic hydroxyl groups excluding tert-OH is 1. The molecule has 0 saturated carbocycles. The van der Waals surface area contributed by atoms with Gasteiger partial charge in [0, 0.05) is 39.0 Å². The van der Waals surface area contributed by atoms with E-state index in [1.165, 1.54) is 0 Å². The van der Waals surface area contributed by atoms with Crippen LogP contribution in [0.25, 0.3) is 0 Å². The van der Waals surface area contributed by atoms with E-state index in [2.05, 4.69) is 0 Å². The van der Waals surface area contributed by atoms with Crippen LogP contribution >= 0.6 is 0 Å². The van der Waals surface area contributed by atoms with Gasteiger partial charge in [-0.25, -0.2) is 0 Å². The van der Waals surface area contributed by atoms with Crippen molar-refractivity contribution >= 4 is 11.8 Å². The predicted octanol–water partition coefficient (Wildman–Crippen LogP) is 0.515. The first kappa shape index (κ1) is 17.2. The molecule has 2 saturated heterocycles. The average molecular weight is 312 g/mol. The molecule has 0 aromatic rings.